The maximum atomic E-state index is 14.0. The normalized spacial score (nSPS) is 11.5. The van der Waals surface area contributed by atoms with E-state index in [4.69, 9.17) is 0 Å². The second kappa shape index (κ2) is 14.4. The van der Waals surface area contributed by atoms with Crippen molar-refractivity contribution in [1.29, 1.82) is 0 Å². The van der Waals surface area contributed by atoms with Gasteiger partial charge < -0.3 is 14.5 Å². The number of rotatable bonds is 7. The number of sulfone groups is 2. The number of benzene rings is 4. The van der Waals surface area contributed by atoms with Crippen molar-refractivity contribution >= 4 is 41.5 Å². The van der Waals surface area contributed by atoms with E-state index in [1.165, 1.54) is 41.2 Å². The van der Waals surface area contributed by atoms with Crippen molar-refractivity contribution in [2.24, 2.45) is 0 Å². The Balaban J connectivity index is 0.00000224. The van der Waals surface area contributed by atoms with Crippen molar-refractivity contribution in [2.75, 3.05) is 0 Å². The molecule has 0 spiro atoms. The molecule has 254 valence electrons. The molecular weight excluding hydrogens is 869 g/mol. The summed E-state index contributed by atoms with van der Waals surface area (Å²) in [4.78, 5) is 12.6. The van der Waals surface area contributed by atoms with E-state index >= 15 is 0 Å². The van der Waals surface area contributed by atoms with E-state index in [-0.39, 0.29) is 66.4 Å². The number of pyridine rings is 2. The van der Waals surface area contributed by atoms with Crippen LogP contribution in [0.2, 0.25) is 0 Å². The Morgan fingerprint density at radius 1 is 0.471 bits per heavy atom. The summed E-state index contributed by atoms with van der Waals surface area (Å²) in [7, 11) is -8.23. The molecule has 4 aromatic carbocycles. The van der Waals surface area contributed by atoms with Crippen LogP contribution in [0.4, 0.5) is 0 Å². The van der Waals surface area contributed by atoms with Crippen LogP contribution in [-0.4, -0.2) is 46.6 Å². The SMILES string of the molecule is O=S(=O)(c1[c-]c(-c2ccccn2)ccc1)c1[c-]c2c(cc1)c1ccc(S(=O)(=O)c3[c-]c(-c4ccccn4)ccc3)[c-]c1n2-c1nccnn1.[Pd+2].[Pd+2]. The summed E-state index contributed by atoms with van der Waals surface area (Å²) in [6.07, 6.45) is 6.07. The van der Waals surface area contributed by atoms with Crippen LogP contribution >= 0.6 is 0 Å². The van der Waals surface area contributed by atoms with Gasteiger partial charge in [-0.15, -0.1) is 76.9 Å². The minimum atomic E-state index is -4.12. The van der Waals surface area contributed by atoms with Crippen LogP contribution in [0.25, 0.3) is 50.3 Å². The molecule has 0 N–H and O–H groups in total. The fourth-order valence-corrected chi connectivity index (χ4v) is 7.91. The molecule has 4 heterocycles. The van der Waals surface area contributed by atoms with Crippen LogP contribution in [0.3, 0.4) is 0 Å². The van der Waals surface area contributed by atoms with Crippen molar-refractivity contribution in [1.82, 2.24) is 29.7 Å². The van der Waals surface area contributed by atoms with Gasteiger partial charge in [0.25, 0.3) is 5.95 Å². The first-order chi connectivity index (χ1) is 23.8. The molecule has 0 radical (unpaired) electrons. The van der Waals surface area contributed by atoms with E-state index in [1.54, 1.807) is 73.1 Å². The second-order valence-corrected chi connectivity index (χ2v) is 14.5. The first-order valence-electron chi connectivity index (χ1n) is 14.8. The predicted molar refractivity (Wildman–Crippen MR) is 180 cm³/mol. The summed E-state index contributed by atoms with van der Waals surface area (Å²) in [5, 5.41) is 9.26. The molecule has 14 heteroatoms. The molecule has 0 aliphatic carbocycles. The molecule has 0 aliphatic heterocycles. The summed E-state index contributed by atoms with van der Waals surface area (Å²) in [6, 6.07) is 38.6. The number of hydrogen-bond acceptors (Lipinski definition) is 9. The van der Waals surface area contributed by atoms with Crippen LogP contribution in [0, 0.1) is 24.3 Å². The van der Waals surface area contributed by atoms with Crippen molar-refractivity contribution in [2.45, 2.75) is 19.6 Å². The molecule has 8 aromatic rings. The van der Waals surface area contributed by atoms with E-state index in [1.807, 2.05) is 12.1 Å². The molecule has 0 bridgehead atoms. The van der Waals surface area contributed by atoms with Crippen LogP contribution < -0.4 is 0 Å². The standard InChI is InChI=1S/C37H20N6O4S2.2Pd/c44-48(45,27-9-5-7-25(21-27)33-11-1-3-17-38-33)29-13-15-31-32-16-14-30(24-36(32)43(35(31)23-29)37-40-19-20-41-42-37)49(46,47)28-10-6-8-26(22-28)34-12-2-4-18-39-34;;/h1-20H;;/q-4;2*+2. The molecule has 0 fully saturated rings. The van der Waals surface area contributed by atoms with Gasteiger partial charge >= 0.3 is 40.8 Å². The largest absolute Gasteiger partial charge is 2.00 e. The average Bonchev–Trinajstić information content (AvgIpc) is 3.49. The van der Waals surface area contributed by atoms with Gasteiger partial charge in [0, 0.05) is 12.4 Å². The molecule has 4 aromatic heterocycles. The maximum absolute atomic E-state index is 14.0. The van der Waals surface area contributed by atoms with Crippen molar-refractivity contribution in [3.05, 3.63) is 146 Å². The van der Waals surface area contributed by atoms with Gasteiger partial charge in [0.15, 0.2) is 19.7 Å². The summed E-state index contributed by atoms with van der Waals surface area (Å²) in [5.74, 6) is 0.0755. The zero-order valence-corrected chi connectivity index (χ0v) is 30.6. The van der Waals surface area contributed by atoms with Crippen LogP contribution in [0.1, 0.15) is 0 Å². The van der Waals surface area contributed by atoms with Gasteiger partial charge in [0.2, 0.25) is 0 Å². The van der Waals surface area contributed by atoms with Gasteiger partial charge in [-0.25, -0.2) is 21.8 Å². The molecule has 0 amide bonds. The van der Waals surface area contributed by atoms with Gasteiger partial charge in [-0.2, -0.15) is 40.1 Å². The smallest absolute Gasteiger partial charge is 0.327 e. The summed E-state index contributed by atoms with van der Waals surface area (Å²) in [6.45, 7) is 0. The summed E-state index contributed by atoms with van der Waals surface area (Å²) >= 11 is 0. The molecule has 10 nitrogen and oxygen atoms in total. The molecule has 0 aliphatic rings. The third-order valence-electron chi connectivity index (χ3n) is 7.78. The van der Waals surface area contributed by atoms with Gasteiger partial charge in [-0.05, 0) is 43.1 Å². The van der Waals surface area contributed by atoms with Gasteiger partial charge in [-0.3, -0.25) is 0 Å². The summed E-state index contributed by atoms with van der Waals surface area (Å²) in [5.41, 5.74) is 2.78. The zero-order valence-electron chi connectivity index (χ0n) is 25.8. The Kier molecular flexibility index (Phi) is 10.2. The van der Waals surface area contributed by atoms with Crippen LogP contribution in [0.15, 0.2) is 141 Å². The maximum Gasteiger partial charge on any atom is 2.00 e. The Morgan fingerprint density at radius 2 is 0.961 bits per heavy atom. The van der Waals surface area contributed by atoms with E-state index in [0.717, 1.165) is 0 Å². The van der Waals surface area contributed by atoms with Crippen molar-refractivity contribution < 1.29 is 57.7 Å². The molecule has 0 saturated heterocycles. The van der Waals surface area contributed by atoms with E-state index in [0.29, 0.717) is 44.3 Å². The van der Waals surface area contributed by atoms with Gasteiger partial charge in [0.05, 0.1) is 12.4 Å². The number of aromatic nitrogens is 6. The second-order valence-electron chi connectivity index (χ2n) is 10.7. The number of fused-ring (bicyclic) bond motifs is 3. The van der Waals surface area contributed by atoms with Gasteiger partial charge in [-0.1, -0.05) is 35.3 Å². The molecule has 0 saturated carbocycles. The fourth-order valence-electron chi connectivity index (χ4n) is 5.47. The minimum absolute atomic E-state index is 0. The average molecular weight is 890 g/mol. The van der Waals surface area contributed by atoms with E-state index < -0.39 is 19.7 Å². The quantitative estimate of drug-likeness (QED) is 0.140. The minimum Gasteiger partial charge on any atom is -0.327 e. The molecule has 51 heavy (non-hydrogen) atoms. The Hall–Kier alpha value is -4.79. The first-order valence-corrected chi connectivity index (χ1v) is 17.7. The van der Waals surface area contributed by atoms with Crippen LogP contribution in [-0.2, 0) is 60.5 Å². The van der Waals surface area contributed by atoms with E-state index in [2.05, 4.69) is 49.4 Å². The molecule has 0 unspecified atom stereocenters. The Labute approximate surface area is 320 Å². The van der Waals surface area contributed by atoms with E-state index in [9.17, 15) is 16.8 Å². The Morgan fingerprint density at radius 3 is 1.39 bits per heavy atom. The molecule has 0 atom stereocenters. The molecule has 8 rings (SSSR count). The number of hydrogen-bond donors (Lipinski definition) is 0. The monoisotopic (exact) mass is 888 g/mol. The topological polar surface area (TPSA) is 138 Å². The Bertz CT molecular complexity index is 2580. The number of nitrogens with zero attached hydrogens (tertiary/aromatic N) is 6. The third-order valence-corrected chi connectivity index (χ3v) is 11.0. The zero-order chi connectivity index (χ0) is 33.6. The van der Waals surface area contributed by atoms with Gasteiger partial charge in [0.1, 0.15) is 0 Å². The third kappa shape index (κ3) is 6.59. The molecular formula is C37H20N6O4Pd2S2. The predicted octanol–water partition coefficient (Wildman–Crippen LogP) is 5.95. The first kappa shape index (κ1) is 36.0. The van der Waals surface area contributed by atoms with Crippen LogP contribution in [0.5, 0.6) is 0 Å². The van der Waals surface area contributed by atoms with Crippen molar-refractivity contribution in [3.63, 3.8) is 0 Å². The van der Waals surface area contributed by atoms with Crippen molar-refractivity contribution in [3.8, 4) is 28.5 Å². The summed E-state index contributed by atoms with van der Waals surface area (Å²) < 4.78 is 57.4. The fraction of sp³-hybridized carbons (Fsp3) is 0.